The smallest absolute Gasteiger partial charge is 0.309 e. The average molecular weight is 372 g/mol. The van der Waals surface area contributed by atoms with E-state index in [1.54, 1.807) is 38.1 Å². The molecule has 2 rings (SSSR count). The van der Waals surface area contributed by atoms with Crippen LogP contribution in [0.25, 0.3) is 11.1 Å². The fourth-order valence-corrected chi connectivity index (χ4v) is 4.10. The maximum atomic E-state index is 12.6. The molecule has 7 heteroatoms. The van der Waals surface area contributed by atoms with Crippen molar-refractivity contribution in [3.8, 4) is 11.1 Å². The van der Waals surface area contributed by atoms with E-state index in [0.29, 0.717) is 18.8 Å². The van der Waals surface area contributed by atoms with Crippen LogP contribution in [-0.2, 0) is 26.0 Å². The summed E-state index contributed by atoms with van der Waals surface area (Å²) < 4.78 is 60.9. The van der Waals surface area contributed by atoms with Crippen LogP contribution >= 0.6 is 7.60 Å². The quantitative estimate of drug-likeness (QED) is 0.548. The highest BCUT2D eigenvalue weighted by molar-refractivity contribution is 7.53. The molecule has 2 aromatic rings. The zero-order chi connectivity index (χ0) is 18.5. The molecule has 25 heavy (non-hydrogen) atoms. The molecule has 0 spiro atoms. The zero-order valence-corrected chi connectivity index (χ0v) is 14.9. The normalized spacial score (nSPS) is 12.4. The third kappa shape index (κ3) is 5.43. The van der Waals surface area contributed by atoms with Crippen LogP contribution in [0.2, 0.25) is 0 Å². The van der Waals surface area contributed by atoms with Crippen LogP contribution in [0.1, 0.15) is 25.0 Å². The Morgan fingerprint density at radius 1 is 0.840 bits per heavy atom. The molecule has 0 saturated heterocycles. The van der Waals surface area contributed by atoms with Gasteiger partial charge in [-0.25, -0.2) is 0 Å². The average Bonchev–Trinajstić information content (AvgIpc) is 2.55. The first kappa shape index (κ1) is 19.7. The Hall–Kier alpha value is -1.62. The fourth-order valence-electron chi connectivity index (χ4n) is 2.40. The molecule has 0 bridgehead atoms. The van der Waals surface area contributed by atoms with Crippen LogP contribution < -0.4 is 0 Å². The summed E-state index contributed by atoms with van der Waals surface area (Å²) >= 11 is 0. The Morgan fingerprint density at radius 2 is 1.28 bits per heavy atom. The largest absolute Gasteiger partial charge is 0.416 e. The summed E-state index contributed by atoms with van der Waals surface area (Å²) in [6.45, 7) is 4.08. The molecule has 0 aliphatic heterocycles. The van der Waals surface area contributed by atoms with Crippen molar-refractivity contribution in [2.75, 3.05) is 13.2 Å². The molecular weight excluding hydrogens is 352 g/mol. The van der Waals surface area contributed by atoms with Gasteiger partial charge in [0, 0.05) is 0 Å². The van der Waals surface area contributed by atoms with Crippen molar-refractivity contribution >= 4 is 7.60 Å². The van der Waals surface area contributed by atoms with Crippen molar-refractivity contribution < 1.29 is 26.8 Å². The number of halogens is 3. The van der Waals surface area contributed by atoms with E-state index in [4.69, 9.17) is 9.05 Å². The molecule has 0 aromatic heterocycles. The van der Waals surface area contributed by atoms with Crippen LogP contribution in [0, 0.1) is 0 Å². The molecule has 0 fully saturated rings. The molecule has 2 aromatic carbocycles. The highest BCUT2D eigenvalue weighted by Crippen LogP contribution is 2.51. The molecule has 0 aliphatic rings. The van der Waals surface area contributed by atoms with E-state index in [0.717, 1.165) is 23.3 Å². The van der Waals surface area contributed by atoms with E-state index >= 15 is 0 Å². The number of rotatable bonds is 7. The second kappa shape index (κ2) is 8.17. The Kier molecular flexibility index (Phi) is 6.44. The Morgan fingerprint density at radius 3 is 1.68 bits per heavy atom. The minimum atomic E-state index is -4.35. The van der Waals surface area contributed by atoms with Crippen LogP contribution in [0.15, 0.2) is 48.5 Å². The number of hydrogen-bond donors (Lipinski definition) is 0. The molecule has 0 heterocycles. The highest BCUT2D eigenvalue weighted by atomic mass is 31.2. The summed E-state index contributed by atoms with van der Waals surface area (Å²) in [5.74, 6) is 0. The van der Waals surface area contributed by atoms with Gasteiger partial charge in [-0.15, -0.1) is 0 Å². The Balaban J connectivity index is 2.15. The third-order valence-corrected chi connectivity index (χ3v) is 5.58. The van der Waals surface area contributed by atoms with Crippen molar-refractivity contribution in [1.29, 1.82) is 0 Å². The van der Waals surface area contributed by atoms with Crippen LogP contribution in [0.3, 0.4) is 0 Å². The minimum absolute atomic E-state index is 0.155. The first-order valence-corrected chi connectivity index (χ1v) is 9.65. The molecule has 0 atom stereocenters. The van der Waals surface area contributed by atoms with E-state index in [1.165, 1.54) is 12.1 Å². The maximum Gasteiger partial charge on any atom is 0.416 e. The minimum Gasteiger partial charge on any atom is -0.309 e. The molecule has 0 N–H and O–H groups in total. The van der Waals surface area contributed by atoms with Gasteiger partial charge in [0.2, 0.25) is 0 Å². The second-order valence-electron chi connectivity index (χ2n) is 5.38. The van der Waals surface area contributed by atoms with Gasteiger partial charge >= 0.3 is 13.8 Å². The van der Waals surface area contributed by atoms with Gasteiger partial charge < -0.3 is 9.05 Å². The van der Waals surface area contributed by atoms with Crippen molar-refractivity contribution in [2.24, 2.45) is 0 Å². The Bertz CT molecular complexity index is 715. The standard InChI is InChI=1S/C18H20F3O3P/c1-3-23-25(22,24-4-2)13-14-5-7-15(8-6-14)16-9-11-17(12-10-16)18(19,20)21/h5-12H,3-4,13H2,1-2H3. The molecular formula is C18H20F3O3P. The number of benzene rings is 2. The third-order valence-electron chi connectivity index (χ3n) is 3.53. The van der Waals surface area contributed by atoms with Crippen LogP contribution in [0.4, 0.5) is 13.2 Å². The summed E-state index contributed by atoms with van der Waals surface area (Å²) in [6.07, 6.45) is -4.19. The van der Waals surface area contributed by atoms with Crippen molar-refractivity contribution in [2.45, 2.75) is 26.2 Å². The van der Waals surface area contributed by atoms with E-state index < -0.39 is 19.3 Å². The lowest BCUT2D eigenvalue weighted by Crippen LogP contribution is -2.03. The summed E-state index contributed by atoms with van der Waals surface area (Å²) in [5, 5.41) is 0. The summed E-state index contributed by atoms with van der Waals surface area (Å²) in [4.78, 5) is 0. The topological polar surface area (TPSA) is 35.5 Å². The highest BCUT2D eigenvalue weighted by Gasteiger charge is 2.30. The number of alkyl halides is 3. The van der Waals surface area contributed by atoms with Crippen molar-refractivity contribution in [3.05, 3.63) is 59.7 Å². The number of hydrogen-bond acceptors (Lipinski definition) is 3. The molecule has 0 saturated carbocycles. The Labute approximate surface area is 145 Å². The first-order chi connectivity index (χ1) is 11.8. The lowest BCUT2D eigenvalue weighted by Gasteiger charge is -2.17. The maximum absolute atomic E-state index is 12.6. The van der Waals surface area contributed by atoms with Gasteiger partial charge in [-0.3, -0.25) is 4.57 Å². The second-order valence-corrected chi connectivity index (χ2v) is 7.43. The van der Waals surface area contributed by atoms with Crippen LogP contribution in [0.5, 0.6) is 0 Å². The van der Waals surface area contributed by atoms with Gasteiger partial charge in [-0.1, -0.05) is 36.4 Å². The molecule has 0 unspecified atom stereocenters. The predicted octanol–water partition coefficient (Wildman–Crippen LogP) is 6.14. The molecule has 3 nitrogen and oxygen atoms in total. The summed E-state index contributed by atoms with van der Waals surface area (Å²) in [7, 11) is -3.18. The van der Waals surface area contributed by atoms with Gasteiger partial charge in [0.1, 0.15) is 0 Å². The van der Waals surface area contributed by atoms with E-state index in [9.17, 15) is 17.7 Å². The summed E-state index contributed by atoms with van der Waals surface area (Å²) in [5.41, 5.74) is 1.56. The van der Waals surface area contributed by atoms with E-state index in [-0.39, 0.29) is 6.16 Å². The van der Waals surface area contributed by atoms with E-state index in [1.807, 2.05) is 0 Å². The summed E-state index contributed by atoms with van der Waals surface area (Å²) in [6, 6.07) is 12.1. The monoisotopic (exact) mass is 372 g/mol. The fraction of sp³-hybridized carbons (Fsp3) is 0.333. The van der Waals surface area contributed by atoms with Crippen molar-refractivity contribution in [3.63, 3.8) is 0 Å². The van der Waals surface area contributed by atoms with Gasteiger partial charge in [-0.05, 0) is 42.7 Å². The first-order valence-electron chi connectivity index (χ1n) is 7.92. The lowest BCUT2D eigenvalue weighted by atomic mass is 10.0. The molecule has 0 amide bonds. The van der Waals surface area contributed by atoms with Gasteiger partial charge in [0.25, 0.3) is 0 Å². The van der Waals surface area contributed by atoms with Crippen molar-refractivity contribution in [1.82, 2.24) is 0 Å². The van der Waals surface area contributed by atoms with Gasteiger partial charge in [0.15, 0.2) is 0 Å². The molecule has 0 aliphatic carbocycles. The molecule has 0 radical (unpaired) electrons. The lowest BCUT2D eigenvalue weighted by molar-refractivity contribution is -0.137. The SMILES string of the molecule is CCOP(=O)(Cc1ccc(-c2ccc(C(F)(F)F)cc2)cc1)OCC. The van der Waals surface area contributed by atoms with Crippen LogP contribution in [-0.4, -0.2) is 13.2 Å². The van der Waals surface area contributed by atoms with Gasteiger partial charge in [-0.2, -0.15) is 13.2 Å². The van der Waals surface area contributed by atoms with E-state index in [2.05, 4.69) is 0 Å². The van der Waals surface area contributed by atoms with Gasteiger partial charge in [0.05, 0.1) is 24.9 Å². The molecule has 136 valence electrons. The zero-order valence-electron chi connectivity index (χ0n) is 14.0. The predicted molar refractivity (Wildman–Crippen MR) is 91.4 cm³/mol.